The molecule has 0 aromatic heterocycles. The lowest BCUT2D eigenvalue weighted by Gasteiger charge is -2.04. The molecule has 1 N–H and O–H groups in total. The molecule has 3 heteroatoms. The van der Waals surface area contributed by atoms with E-state index in [2.05, 4.69) is 12.2 Å². The predicted octanol–water partition coefficient (Wildman–Crippen LogP) is 1.63. The Balaban J connectivity index is 2.50. The molecule has 3 nitrogen and oxygen atoms in total. The first kappa shape index (κ1) is 11.7. The van der Waals surface area contributed by atoms with Crippen LogP contribution in [0.15, 0.2) is 24.3 Å². The van der Waals surface area contributed by atoms with Gasteiger partial charge in [-0.25, -0.2) is 0 Å². The Labute approximate surface area is 90.4 Å². The largest absolute Gasteiger partial charge is 0.383 e. The van der Waals surface area contributed by atoms with Crippen molar-refractivity contribution in [1.82, 2.24) is 5.32 Å². The van der Waals surface area contributed by atoms with Crippen LogP contribution >= 0.6 is 0 Å². The minimum Gasteiger partial charge on any atom is -0.383 e. The summed E-state index contributed by atoms with van der Waals surface area (Å²) in [6, 6.07) is 7.65. The van der Waals surface area contributed by atoms with Gasteiger partial charge in [0.15, 0.2) is 0 Å². The Morgan fingerprint density at radius 1 is 1.33 bits per heavy atom. The minimum absolute atomic E-state index is 0.0466. The van der Waals surface area contributed by atoms with Crippen LogP contribution in [0.3, 0.4) is 0 Å². The van der Waals surface area contributed by atoms with Crippen LogP contribution < -0.4 is 5.32 Å². The third-order valence-corrected chi connectivity index (χ3v) is 2.22. The van der Waals surface area contributed by atoms with E-state index in [1.54, 1.807) is 7.11 Å². The number of benzene rings is 1. The number of aryl methyl sites for hydroxylation is 1. The van der Waals surface area contributed by atoms with Gasteiger partial charge in [0.25, 0.3) is 5.91 Å². The summed E-state index contributed by atoms with van der Waals surface area (Å²) in [4.78, 5) is 11.6. The molecular formula is C12H17NO2. The highest BCUT2D eigenvalue weighted by molar-refractivity contribution is 5.94. The van der Waals surface area contributed by atoms with Crippen LogP contribution in [0.1, 0.15) is 22.8 Å². The monoisotopic (exact) mass is 207 g/mol. The van der Waals surface area contributed by atoms with Gasteiger partial charge in [0.1, 0.15) is 0 Å². The molecule has 1 rings (SSSR count). The fraction of sp³-hybridized carbons (Fsp3) is 0.417. The molecule has 1 aromatic rings. The third kappa shape index (κ3) is 3.72. The first-order valence-electron chi connectivity index (χ1n) is 5.14. The van der Waals surface area contributed by atoms with E-state index in [9.17, 15) is 4.79 Å². The highest BCUT2D eigenvalue weighted by atomic mass is 16.5. The molecule has 1 amide bonds. The van der Waals surface area contributed by atoms with Crippen LogP contribution in [-0.2, 0) is 11.2 Å². The Morgan fingerprint density at radius 3 is 2.53 bits per heavy atom. The summed E-state index contributed by atoms with van der Waals surface area (Å²) in [6.07, 6.45) is 0.992. The lowest BCUT2D eigenvalue weighted by Crippen LogP contribution is -2.26. The van der Waals surface area contributed by atoms with E-state index in [4.69, 9.17) is 4.74 Å². The zero-order valence-electron chi connectivity index (χ0n) is 9.25. The number of methoxy groups -OCH3 is 1. The fourth-order valence-corrected chi connectivity index (χ4v) is 1.26. The molecule has 0 saturated heterocycles. The van der Waals surface area contributed by atoms with Crippen LogP contribution in [0, 0.1) is 0 Å². The molecule has 0 spiro atoms. The van der Waals surface area contributed by atoms with Crippen molar-refractivity contribution in [3.63, 3.8) is 0 Å². The smallest absolute Gasteiger partial charge is 0.251 e. The van der Waals surface area contributed by atoms with Crippen molar-refractivity contribution < 1.29 is 9.53 Å². The zero-order chi connectivity index (χ0) is 11.1. The number of hydrogen-bond donors (Lipinski definition) is 1. The number of rotatable bonds is 5. The van der Waals surface area contributed by atoms with Crippen molar-refractivity contribution in [1.29, 1.82) is 0 Å². The summed E-state index contributed by atoms with van der Waals surface area (Å²) in [6.45, 7) is 3.18. The molecule has 0 heterocycles. The van der Waals surface area contributed by atoms with E-state index < -0.39 is 0 Å². The van der Waals surface area contributed by atoms with E-state index >= 15 is 0 Å². The number of hydrogen-bond acceptors (Lipinski definition) is 2. The normalized spacial score (nSPS) is 10.0. The van der Waals surface area contributed by atoms with E-state index in [1.807, 2.05) is 24.3 Å². The molecular weight excluding hydrogens is 190 g/mol. The molecule has 0 saturated carbocycles. The molecule has 0 unspecified atom stereocenters. The van der Waals surface area contributed by atoms with Gasteiger partial charge in [-0.05, 0) is 24.1 Å². The molecule has 0 radical (unpaired) electrons. The van der Waals surface area contributed by atoms with E-state index in [0.29, 0.717) is 18.7 Å². The van der Waals surface area contributed by atoms with Gasteiger partial charge in [-0.3, -0.25) is 4.79 Å². The molecule has 1 aromatic carbocycles. The van der Waals surface area contributed by atoms with Crippen LogP contribution in [0.25, 0.3) is 0 Å². The first-order valence-corrected chi connectivity index (χ1v) is 5.14. The zero-order valence-corrected chi connectivity index (χ0v) is 9.25. The first-order chi connectivity index (χ1) is 7.27. The molecule has 0 bridgehead atoms. The molecule has 0 aliphatic rings. The minimum atomic E-state index is -0.0466. The van der Waals surface area contributed by atoms with Crippen molar-refractivity contribution >= 4 is 5.91 Å². The topological polar surface area (TPSA) is 38.3 Å². The Hall–Kier alpha value is -1.35. The van der Waals surface area contributed by atoms with Crippen molar-refractivity contribution in [2.75, 3.05) is 20.3 Å². The lowest BCUT2D eigenvalue weighted by molar-refractivity contribution is 0.0937. The number of carbonyl (C=O) groups is 1. The van der Waals surface area contributed by atoms with Crippen molar-refractivity contribution in [3.8, 4) is 0 Å². The van der Waals surface area contributed by atoms with Gasteiger partial charge in [0.2, 0.25) is 0 Å². The maximum absolute atomic E-state index is 11.6. The number of ether oxygens (including phenoxy) is 1. The van der Waals surface area contributed by atoms with Crippen LogP contribution in [0.5, 0.6) is 0 Å². The van der Waals surface area contributed by atoms with Crippen molar-refractivity contribution in [2.24, 2.45) is 0 Å². The summed E-state index contributed by atoms with van der Waals surface area (Å²) >= 11 is 0. The SMILES string of the molecule is CCc1ccc(C(=O)NCCOC)cc1. The predicted molar refractivity (Wildman–Crippen MR) is 60.0 cm³/mol. The molecule has 0 atom stereocenters. The number of carbonyl (C=O) groups excluding carboxylic acids is 1. The fourth-order valence-electron chi connectivity index (χ4n) is 1.26. The van der Waals surface area contributed by atoms with Gasteiger partial charge in [-0.15, -0.1) is 0 Å². The summed E-state index contributed by atoms with van der Waals surface area (Å²) in [5.74, 6) is -0.0466. The average Bonchev–Trinajstić information content (AvgIpc) is 2.29. The molecule has 0 fully saturated rings. The van der Waals surface area contributed by atoms with Crippen LogP contribution in [0.2, 0.25) is 0 Å². The summed E-state index contributed by atoms with van der Waals surface area (Å²) < 4.78 is 4.85. The lowest BCUT2D eigenvalue weighted by atomic mass is 10.1. The molecule has 15 heavy (non-hydrogen) atoms. The Kier molecular flexibility index (Phi) is 4.84. The quantitative estimate of drug-likeness (QED) is 0.745. The Bertz CT molecular complexity index is 306. The third-order valence-electron chi connectivity index (χ3n) is 2.22. The maximum atomic E-state index is 11.6. The summed E-state index contributed by atoms with van der Waals surface area (Å²) in [5, 5.41) is 2.77. The van der Waals surface area contributed by atoms with Gasteiger partial charge in [0, 0.05) is 19.2 Å². The molecule has 0 aliphatic carbocycles. The van der Waals surface area contributed by atoms with E-state index in [1.165, 1.54) is 5.56 Å². The van der Waals surface area contributed by atoms with Crippen LogP contribution in [-0.4, -0.2) is 26.2 Å². The van der Waals surface area contributed by atoms with Crippen molar-refractivity contribution in [2.45, 2.75) is 13.3 Å². The molecule has 82 valence electrons. The summed E-state index contributed by atoms with van der Waals surface area (Å²) in [7, 11) is 1.61. The van der Waals surface area contributed by atoms with Crippen molar-refractivity contribution in [3.05, 3.63) is 35.4 Å². The second-order valence-electron chi connectivity index (χ2n) is 3.30. The molecule has 0 aliphatic heterocycles. The van der Waals surface area contributed by atoms with Gasteiger partial charge < -0.3 is 10.1 Å². The van der Waals surface area contributed by atoms with Gasteiger partial charge in [-0.1, -0.05) is 19.1 Å². The number of nitrogens with one attached hydrogen (secondary N) is 1. The Morgan fingerprint density at radius 2 is 2.00 bits per heavy atom. The van der Waals surface area contributed by atoms with E-state index in [0.717, 1.165) is 6.42 Å². The van der Waals surface area contributed by atoms with E-state index in [-0.39, 0.29) is 5.91 Å². The highest BCUT2D eigenvalue weighted by Crippen LogP contribution is 2.04. The van der Waals surface area contributed by atoms with Gasteiger partial charge in [0.05, 0.1) is 6.61 Å². The average molecular weight is 207 g/mol. The van der Waals surface area contributed by atoms with Crippen LogP contribution in [0.4, 0.5) is 0 Å². The second kappa shape index (κ2) is 6.19. The van der Waals surface area contributed by atoms with Gasteiger partial charge in [-0.2, -0.15) is 0 Å². The maximum Gasteiger partial charge on any atom is 0.251 e. The summed E-state index contributed by atoms with van der Waals surface area (Å²) in [5.41, 5.74) is 1.94. The number of amides is 1. The standard InChI is InChI=1S/C12H17NO2/c1-3-10-4-6-11(7-5-10)12(14)13-8-9-15-2/h4-7H,3,8-9H2,1-2H3,(H,13,14). The van der Waals surface area contributed by atoms with Gasteiger partial charge >= 0.3 is 0 Å². The highest BCUT2D eigenvalue weighted by Gasteiger charge is 2.03. The second-order valence-corrected chi connectivity index (χ2v) is 3.30.